The van der Waals surface area contributed by atoms with E-state index in [1.807, 2.05) is 0 Å². The number of hydrogen-bond acceptors (Lipinski definition) is 2. The van der Waals surface area contributed by atoms with Gasteiger partial charge in [-0.05, 0) is 25.2 Å². The van der Waals surface area contributed by atoms with Crippen molar-refractivity contribution in [2.24, 2.45) is 5.92 Å². The van der Waals surface area contributed by atoms with Crippen LogP contribution < -0.4 is 5.32 Å². The van der Waals surface area contributed by atoms with Gasteiger partial charge in [-0.15, -0.1) is 0 Å². The number of nitrogens with one attached hydrogen (secondary N) is 1. The maximum atomic E-state index is 5.70. The highest BCUT2D eigenvalue weighted by Crippen LogP contribution is 2.17. The predicted molar refractivity (Wildman–Crippen MR) is 55.9 cm³/mol. The third kappa shape index (κ3) is 4.10. The van der Waals surface area contributed by atoms with Crippen molar-refractivity contribution in [1.82, 2.24) is 5.32 Å². The quantitative estimate of drug-likeness (QED) is 0.709. The first-order chi connectivity index (χ1) is 6.22. The van der Waals surface area contributed by atoms with E-state index in [2.05, 4.69) is 26.1 Å². The van der Waals surface area contributed by atoms with Crippen LogP contribution in [0.2, 0.25) is 0 Å². The Morgan fingerprint density at radius 3 is 2.85 bits per heavy atom. The van der Waals surface area contributed by atoms with Crippen molar-refractivity contribution in [2.75, 3.05) is 13.2 Å². The van der Waals surface area contributed by atoms with Gasteiger partial charge in [0.15, 0.2) is 0 Å². The molecule has 2 nitrogen and oxygen atoms in total. The number of ether oxygens (including phenoxy) is 1. The maximum absolute atomic E-state index is 5.70. The first-order valence-corrected chi connectivity index (χ1v) is 5.57. The van der Waals surface area contributed by atoms with Crippen molar-refractivity contribution in [3.05, 3.63) is 0 Å². The highest BCUT2D eigenvalue weighted by Gasteiger charge is 2.24. The van der Waals surface area contributed by atoms with Gasteiger partial charge in [0, 0.05) is 19.2 Å². The van der Waals surface area contributed by atoms with Crippen LogP contribution in [0, 0.1) is 5.92 Å². The monoisotopic (exact) mass is 185 g/mol. The molecule has 0 spiro atoms. The van der Waals surface area contributed by atoms with E-state index in [4.69, 9.17) is 4.74 Å². The molecule has 2 atom stereocenters. The summed E-state index contributed by atoms with van der Waals surface area (Å²) < 4.78 is 5.70. The Balaban J connectivity index is 2.12. The summed E-state index contributed by atoms with van der Waals surface area (Å²) in [6.07, 6.45) is 4.10. The van der Waals surface area contributed by atoms with Crippen LogP contribution in [0.15, 0.2) is 0 Å². The van der Waals surface area contributed by atoms with Crippen molar-refractivity contribution in [3.63, 3.8) is 0 Å². The molecule has 0 aromatic rings. The van der Waals surface area contributed by atoms with Crippen LogP contribution >= 0.6 is 0 Å². The number of hydrogen-bond donors (Lipinski definition) is 1. The van der Waals surface area contributed by atoms with Crippen molar-refractivity contribution in [3.8, 4) is 0 Å². The molecule has 0 bridgehead atoms. The molecule has 0 radical (unpaired) electrons. The molecule has 0 aromatic carbocycles. The first-order valence-electron chi connectivity index (χ1n) is 5.57. The normalized spacial score (nSPS) is 28.6. The van der Waals surface area contributed by atoms with Gasteiger partial charge in [-0.1, -0.05) is 20.8 Å². The Bertz CT molecular complexity index is 136. The molecule has 1 aliphatic rings. The van der Waals surface area contributed by atoms with Gasteiger partial charge < -0.3 is 10.1 Å². The highest BCUT2D eigenvalue weighted by molar-refractivity contribution is 4.82. The second kappa shape index (κ2) is 5.61. The Labute approximate surface area is 82.0 Å². The van der Waals surface area contributed by atoms with Gasteiger partial charge in [0.2, 0.25) is 0 Å². The third-order valence-corrected chi connectivity index (χ3v) is 2.50. The van der Waals surface area contributed by atoms with Gasteiger partial charge in [-0.2, -0.15) is 0 Å². The van der Waals surface area contributed by atoms with Gasteiger partial charge in [-0.3, -0.25) is 0 Å². The first kappa shape index (κ1) is 11.0. The zero-order chi connectivity index (χ0) is 9.68. The average Bonchev–Trinajstić information content (AvgIpc) is 2.48. The molecule has 1 rings (SSSR count). The Hall–Kier alpha value is -0.0800. The molecule has 13 heavy (non-hydrogen) atoms. The second-order valence-electron chi connectivity index (χ2n) is 4.46. The molecule has 0 saturated carbocycles. The fraction of sp³-hybridized carbons (Fsp3) is 1.00. The van der Waals surface area contributed by atoms with Crippen LogP contribution in [0.25, 0.3) is 0 Å². The van der Waals surface area contributed by atoms with E-state index in [-0.39, 0.29) is 0 Å². The lowest BCUT2D eigenvalue weighted by Crippen LogP contribution is -2.23. The van der Waals surface area contributed by atoms with E-state index >= 15 is 0 Å². The Morgan fingerprint density at radius 1 is 1.46 bits per heavy atom. The van der Waals surface area contributed by atoms with Crippen LogP contribution in [0.4, 0.5) is 0 Å². The average molecular weight is 185 g/mol. The molecular weight excluding hydrogens is 162 g/mol. The summed E-state index contributed by atoms with van der Waals surface area (Å²) in [5, 5.41) is 3.52. The van der Waals surface area contributed by atoms with Crippen LogP contribution in [-0.4, -0.2) is 25.3 Å². The van der Waals surface area contributed by atoms with Crippen molar-refractivity contribution < 1.29 is 4.74 Å². The highest BCUT2D eigenvalue weighted by atomic mass is 16.5. The molecule has 1 N–H and O–H groups in total. The van der Waals surface area contributed by atoms with E-state index in [0.29, 0.717) is 12.1 Å². The molecule has 1 fully saturated rings. The molecule has 1 saturated heterocycles. The molecule has 0 unspecified atom stereocenters. The molecule has 0 aliphatic carbocycles. The van der Waals surface area contributed by atoms with Crippen molar-refractivity contribution in [2.45, 2.75) is 52.2 Å². The molecule has 0 amide bonds. The summed E-state index contributed by atoms with van der Waals surface area (Å²) in [6.45, 7) is 8.69. The summed E-state index contributed by atoms with van der Waals surface area (Å²) in [6, 6.07) is 0.696. The lowest BCUT2D eigenvalue weighted by atomic mass is 10.0. The lowest BCUT2D eigenvalue weighted by Gasteiger charge is -2.13. The SMILES string of the molecule is CCCO[C@@H]1CN[C@@H](CC(C)C)C1. The minimum atomic E-state index is 0.476. The van der Waals surface area contributed by atoms with Crippen molar-refractivity contribution >= 4 is 0 Å². The topological polar surface area (TPSA) is 21.3 Å². The minimum absolute atomic E-state index is 0.476. The maximum Gasteiger partial charge on any atom is 0.0714 e. The minimum Gasteiger partial charge on any atom is -0.377 e. The van der Waals surface area contributed by atoms with Gasteiger partial charge in [-0.25, -0.2) is 0 Å². The molecule has 1 heterocycles. The zero-order valence-corrected chi connectivity index (χ0v) is 9.18. The van der Waals surface area contributed by atoms with E-state index in [0.717, 1.165) is 25.5 Å². The molecule has 1 aliphatic heterocycles. The standard InChI is InChI=1S/C11H23NO/c1-4-5-13-11-7-10(12-8-11)6-9(2)3/h9-12H,4-8H2,1-3H3/t10-,11-/m0/s1. The van der Waals surface area contributed by atoms with Crippen LogP contribution in [0.5, 0.6) is 0 Å². The smallest absolute Gasteiger partial charge is 0.0714 e. The van der Waals surface area contributed by atoms with E-state index < -0.39 is 0 Å². The van der Waals surface area contributed by atoms with Crippen molar-refractivity contribution in [1.29, 1.82) is 0 Å². The van der Waals surface area contributed by atoms with E-state index in [1.165, 1.54) is 12.8 Å². The van der Waals surface area contributed by atoms with Crippen LogP contribution in [0.1, 0.15) is 40.0 Å². The molecule has 0 aromatic heterocycles. The lowest BCUT2D eigenvalue weighted by molar-refractivity contribution is 0.0655. The summed E-state index contributed by atoms with van der Waals surface area (Å²) in [4.78, 5) is 0. The molecular formula is C11H23NO. The Kier molecular flexibility index (Phi) is 4.74. The van der Waals surface area contributed by atoms with E-state index in [1.54, 1.807) is 0 Å². The third-order valence-electron chi connectivity index (χ3n) is 2.50. The second-order valence-corrected chi connectivity index (χ2v) is 4.46. The predicted octanol–water partition coefficient (Wildman–Crippen LogP) is 2.19. The number of rotatable bonds is 5. The van der Waals surface area contributed by atoms with Crippen LogP contribution in [0.3, 0.4) is 0 Å². The summed E-state index contributed by atoms with van der Waals surface area (Å²) in [7, 11) is 0. The van der Waals surface area contributed by atoms with Crippen LogP contribution in [-0.2, 0) is 4.74 Å². The fourth-order valence-corrected chi connectivity index (χ4v) is 1.94. The fourth-order valence-electron chi connectivity index (χ4n) is 1.94. The van der Waals surface area contributed by atoms with Gasteiger partial charge in [0.1, 0.15) is 0 Å². The molecule has 78 valence electrons. The van der Waals surface area contributed by atoms with E-state index in [9.17, 15) is 0 Å². The Morgan fingerprint density at radius 2 is 2.23 bits per heavy atom. The zero-order valence-electron chi connectivity index (χ0n) is 9.18. The summed E-state index contributed by atoms with van der Waals surface area (Å²) >= 11 is 0. The van der Waals surface area contributed by atoms with Gasteiger partial charge >= 0.3 is 0 Å². The van der Waals surface area contributed by atoms with Gasteiger partial charge in [0.25, 0.3) is 0 Å². The summed E-state index contributed by atoms with van der Waals surface area (Å²) in [5.41, 5.74) is 0. The summed E-state index contributed by atoms with van der Waals surface area (Å²) in [5.74, 6) is 0.794. The van der Waals surface area contributed by atoms with Gasteiger partial charge in [0.05, 0.1) is 6.10 Å². The molecule has 2 heteroatoms. The largest absolute Gasteiger partial charge is 0.377 e.